The molecule has 0 aliphatic carbocycles. The largest absolute Gasteiger partial charge is 0.399 e. The molecular formula is C12H13N3O2S. The van der Waals surface area contributed by atoms with Gasteiger partial charge in [0.15, 0.2) is 0 Å². The summed E-state index contributed by atoms with van der Waals surface area (Å²) in [6.07, 6.45) is 6.59. The molecule has 1 aromatic carbocycles. The molecule has 0 bridgehead atoms. The molecule has 2 rings (SSSR count). The molecule has 0 amide bonds. The second kappa shape index (κ2) is 4.37. The first-order valence-electron chi connectivity index (χ1n) is 5.29. The van der Waals surface area contributed by atoms with E-state index in [-0.39, 0.29) is 4.90 Å². The van der Waals surface area contributed by atoms with Gasteiger partial charge >= 0.3 is 0 Å². The van der Waals surface area contributed by atoms with Crippen LogP contribution in [0.5, 0.6) is 0 Å². The first kappa shape index (κ1) is 12.5. The normalized spacial score (nSPS) is 13.3. The second-order valence-corrected chi connectivity index (χ2v) is 5.65. The average molecular weight is 263 g/mol. The maximum Gasteiger partial charge on any atom is 0.243 e. The number of rotatable bonds is 3. The maximum atomic E-state index is 12.1. The van der Waals surface area contributed by atoms with Crippen LogP contribution < -0.4 is 10.5 Å². The number of fused-ring (bicyclic) bond motifs is 1. The van der Waals surface area contributed by atoms with Crippen LogP contribution in [0.3, 0.4) is 0 Å². The van der Waals surface area contributed by atoms with Crippen molar-refractivity contribution in [1.82, 2.24) is 9.71 Å². The third kappa shape index (κ3) is 2.18. The third-order valence-electron chi connectivity index (χ3n) is 2.54. The Morgan fingerprint density at radius 3 is 2.89 bits per heavy atom. The lowest BCUT2D eigenvalue weighted by Gasteiger charge is -2.07. The van der Waals surface area contributed by atoms with Crippen molar-refractivity contribution in [3.8, 4) is 12.3 Å². The molecule has 2 aromatic rings. The van der Waals surface area contributed by atoms with Gasteiger partial charge in [-0.15, -0.1) is 6.42 Å². The summed E-state index contributed by atoms with van der Waals surface area (Å²) >= 11 is 0. The lowest BCUT2D eigenvalue weighted by Crippen LogP contribution is -2.31. The Bertz CT molecular complexity index is 725. The van der Waals surface area contributed by atoms with Crippen molar-refractivity contribution >= 4 is 26.6 Å². The Labute approximate surface area is 105 Å². The molecule has 0 saturated heterocycles. The highest BCUT2D eigenvalue weighted by atomic mass is 32.2. The zero-order valence-corrected chi connectivity index (χ0v) is 10.6. The number of H-pyrrole nitrogens is 1. The summed E-state index contributed by atoms with van der Waals surface area (Å²) in [5.74, 6) is 2.32. The Kier molecular flexibility index (Phi) is 3.03. The molecule has 0 fully saturated rings. The molecule has 1 heterocycles. The molecule has 4 N–H and O–H groups in total. The predicted molar refractivity (Wildman–Crippen MR) is 71.3 cm³/mol. The number of aromatic amines is 1. The first-order valence-corrected chi connectivity index (χ1v) is 6.77. The average Bonchev–Trinajstić information content (AvgIpc) is 2.71. The molecule has 94 valence electrons. The van der Waals surface area contributed by atoms with E-state index in [0.29, 0.717) is 16.6 Å². The van der Waals surface area contributed by atoms with Gasteiger partial charge in [0.1, 0.15) is 4.90 Å². The second-order valence-electron chi connectivity index (χ2n) is 3.97. The van der Waals surface area contributed by atoms with Crippen molar-refractivity contribution in [1.29, 1.82) is 0 Å². The minimum absolute atomic E-state index is 0.166. The van der Waals surface area contributed by atoms with Crippen LogP contribution in [0.15, 0.2) is 29.3 Å². The number of terminal acetylenes is 1. The molecule has 0 saturated carbocycles. The standard InChI is InChI=1S/C12H13N3O2S/c1-3-8(2)15-18(16,17)12-7-14-11-6-9(13)4-5-10(11)12/h1,4-8,14-15H,13H2,2H3. The maximum absolute atomic E-state index is 12.1. The molecule has 5 nitrogen and oxygen atoms in total. The van der Waals surface area contributed by atoms with Gasteiger partial charge < -0.3 is 10.7 Å². The monoisotopic (exact) mass is 263 g/mol. The summed E-state index contributed by atoms with van der Waals surface area (Å²) in [6.45, 7) is 1.60. The van der Waals surface area contributed by atoms with Gasteiger partial charge in [0.05, 0.1) is 6.04 Å². The van der Waals surface area contributed by atoms with E-state index in [2.05, 4.69) is 15.6 Å². The first-order chi connectivity index (χ1) is 8.44. The van der Waals surface area contributed by atoms with Gasteiger partial charge in [0.25, 0.3) is 0 Å². The van der Waals surface area contributed by atoms with Crippen LogP contribution in [0.25, 0.3) is 10.9 Å². The topological polar surface area (TPSA) is 88.0 Å². The summed E-state index contributed by atoms with van der Waals surface area (Å²) in [7, 11) is -3.63. The molecule has 6 heteroatoms. The van der Waals surface area contributed by atoms with Crippen LogP contribution in [-0.2, 0) is 10.0 Å². The zero-order valence-electron chi connectivity index (χ0n) is 9.77. The van der Waals surface area contributed by atoms with Gasteiger partial charge in [-0.25, -0.2) is 8.42 Å². The number of nitrogen functional groups attached to an aromatic ring is 1. The highest BCUT2D eigenvalue weighted by molar-refractivity contribution is 7.89. The fourth-order valence-corrected chi connectivity index (χ4v) is 3.01. The van der Waals surface area contributed by atoms with Gasteiger partial charge in [0.2, 0.25) is 10.0 Å². The molecule has 1 atom stereocenters. The van der Waals surface area contributed by atoms with Gasteiger partial charge in [-0.3, -0.25) is 0 Å². The Morgan fingerprint density at radius 2 is 2.22 bits per heavy atom. The van der Waals surface area contributed by atoms with E-state index in [1.807, 2.05) is 0 Å². The van der Waals surface area contributed by atoms with Crippen LogP contribution >= 0.6 is 0 Å². The number of aromatic nitrogens is 1. The van der Waals surface area contributed by atoms with E-state index in [4.69, 9.17) is 12.2 Å². The van der Waals surface area contributed by atoms with Gasteiger partial charge in [-0.1, -0.05) is 5.92 Å². The molecule has 0 spiro atoms. The Morgan fingerprint density at radius 1 is 1.50 bits per heavy atom. The van der Waals surface area contributed by atoms with Gasteiger partial charge in [-0.05, 0) is 25.1 Å². The Hall–Kier alpha value is -1.97. The highest BCUT2D eigenvalue weighted by Gasteiger charge is 2.20. The number of hydrogen-bond acceptors (Lipinski definition) is 3. The van der Waals surface area contributed by atoms with E-state index in [9.17, 15) is 8.42 Å². The number of nitrogens with two attached hydrogens (primary N) is 1. The van der Waals surface area contributed by atoms with Crippen molar-refractivity contribution < 1.29 is 8.42 Å². The van der Waals surface area contributed by atoms with Crippen LogP contribution in [0.2, 0.25) is 0 Å². The molecular weight excluding hydrogens is 250 g/mol. The molecule has 0 radical (unpaired) electrons. The summed E-state index contributed by atoms with van der Waals surface area (Å²) < 4.78 is 26.6. The number of anilines is 1. The van der Waals surface area contributed by atoms with Crippen LogP contribution in [0.4, 0.5) is 5.69 Å². The van der Waals surface area contributed by atoms with Crippen LogP contribution in [0.1, 0.15) is 6.92 Å². The van der Waals surface area contributed by atoms with Crippen molar-refractivity contribution in [2.45, 2.75) is 17.9 Å². The smallest absolute Gasteiger partial charge is 0.243 e. The van der Waals surface area contributed by atoms with Gasteiger partial charge in [0, 0.05) is 22.8 Å². The highest BCUT2D eigenvalue weighted by Crippen LogP contribution is 2.24. The minimum Gasteiger partial charge on any atom is -0.399 e. The van der Waals surface area contributed by atoms with Crippen molar-refractivity contribution in [3.05, 3.63) is 24.4 Å². The summed E-state index contributed by atoms with van der Waals surface area (Å²) in [4.78, 5) is 3.04. The van der Waals surface area contributed by atoms with E-state index in [1.54, 1.807) is 25.1 Å². The number of nitrogens with one attached hydrogen (secondary N) is 2. The van der Waals surface area contributed by atoms with Crippen LogP contribution in [0, 0.1) is 12.3 Å². The lowest BCUT2D eigenvalue weighted by atomic mass is 10.2. The Balaban J connectivity index is 2.52. The molecule has 0 aliphatic heterocycles. The molecule has 1 unspecified atom stereocenters. The van der Waals surface area contributed by atoms with E-state index in [1.165, 1.54) is 6.20 Å². The number of sulfonamides is 1. The van der Waals surface area contributed by atoms with Crippen LogP contribution in [-0.4, -0.2) is 19.4 Å². The van der Waals surface area contributed by atoms with Crippen molar-refractivity contribution in [2.75, 3.05) is 5.73 Å². The predicted octanol–water partition coefficient (Wildman–Crippen LogP) is 1.05. The van der Waals surface area contributed by atoms with E-state index >= 15 is 0 Å². The molecule has 18 heavy (non-hydrogen) atoms. The number of benzene rings is 1. The van der Waals surface area contributed by atoms with Crippen molar-refractivity contribution in [3.63, 3.8) is 0 Å². The van der Waals surface area contributed by atoms with Gasteiger partial charge in [-0.2, -0.15) is 4.72 Å². The minimum atomic E-state index is -3.63. The number of hydrogen-bond donors (Lipinski definition) is 3. The summed E-state index contributed by atoms with van der Waals surface area (Å²) in [5.41, 5.74) is 6.87. The van der Waals surface area contributed by atoms with Crippen molar-refractivity contribution in [2.24, 2.45) is 0 Å². The fourth-order valence-electron chi connectivity index (χ4n) is 1.67. The SMILES string of the molecule is C#CC(C)NS(=O)(=O)c1c[nH]c2cc(N)ccc12. The zero-order chi connectivity index (χ0) is 13.3. The molecule has 0 aliphatic rings. The van der Waals surface area contributed by atoms with E-state index < -0.39 is 16.1 Å². The summed E-state index contributed by atoms with van der Waals surface area (Å²) in [5, 5.41) is 0.584. The molecule has 1 aromatic heterocycles. The fraction of sp³-hybridized carbons (Fsp3) is 0.167. The third-order valence-corrected chi connectivity index (χ3v) is 4.12. The summed E-state index contributed by atoms with van der Waals surface area (Å²) in [6, 6.07) is 4.43. The van der Waals surface area contributed by atoms with E-state index in [0.717, 1.165) is 0 Å². The quantitative estimate of drug-likeness (QED) is 0.571. The lowest BCUT2D eigenvalue weighted by molar-refractivity contribution is 0.578.